The van der Waals surface area contributed by atoms with Crippen LogP contribution >= 0.6 is 0 Å². The van der Waals surface area contributed by atoms with Crippen LogP contribution in [-0.2, 0) is 28.6 Å². The Balaban J connectivity index is 1.65. The van der Waals surface area contributed by atoms with E-state index in [0.29, 0.717) is 0 Å². The van der Waals surface area contributed by atoms with Gasteiger partial charge in [0.15, 0.2) is 58.4 Å². The highest BCUT2D eigenvalue weighted by Crippen LogP contribution is 2.31. The maximum Gasteiger partial charge on any atom is 0.332 e. The monoisotopic (exact) mass is 711 g/mol. The molecule has 3 aromatic rings. The van der Waals surface area contributed by atoms with Crippen molar-refractivity contribution in [3.05, 3.63) is 70.8 Å². The number of esters is 3. The summed E-state index contributed by atoms with van der Waals surface area (Å²) >= 11 is 0. The van der Waals surface area contributed by atoms with Gasteiger partial charge < -0.3 is 60.8 Å². The highest BCUT2D eigenvalue weighted by atomic mass is 16.6. The number of Topliss-reactive ketones (excluding diaryl/α,β-unsaturated/α-hetero) is 1. The standard InChI is InChI=1S/C32H29N3O16/c1-13(36)14-8-17(26(42)23(39)9-14)29(45)35-20-12-51-31(47)18(33-27(43)15-4-2-6-21(37)24(15)40)10-49-30(46)19(11-50-32(20)48)34-28(44)16-5-3-7-22(38)25(16)41/h2-9,18-20,37-42H,10-12H2,1H3,(H,33,43)(H,34,44)(H,35,45)/t18-,19-,20-/m0/s1. The van der Waals surface area contributed by atoms with Crippen molar-refractivity contribution in [3.63, 3.8) is 0 Å². The van der Waals surface area contributed by atoms with Crippen molar-refractivity contribution < 1.29 is 78.4 Å². The average Bonchev–Trinajstić information content (AvgIpc) is 3.08. The van der Waals surface area contributed by atoms with Crippen LogP contribution in [0.4, 0.5) is 0 Å². The van der Waals surface area contributed by atoms with E-state index in [4.69, 9.17) is 14.2 Å². The lowest BCUT2D eigenvalue weighted by Gasteiger charge is -2.25. The number of nitrogens with one attached hydrogen (secondary N) is 3. The van der Waals surface area contributed by atoms with Crippen molar-refractivity contribution in [1.29, 1.82) is 0 Å². The Morgan fingerprint density at radius 2 is 0.902 bits per heavy atom. The Labute approximate surface area is 286 Å². The number of rotatable bonds is 7. The third-order valence-corrected chi connectivity index (χ3v) is 7.21. The molecule has 3 aromatic carbocycles. The summed E-state index contributed by atoms with van der Waals surface area (Å²) in [4.78, 5) is 90.4. The lowest BCUT2D eigenvalue weighted by atomic mass is 10.0. The zero-order valence-electron chi connectivity index (χ0n) is 26.2. The molecule has 0 aliphatic carbocycles. The van der Waals surface area contributed by atoms with Gasteiger partial charge in [0.05, 0.1) is 16.7 Å². The zero-order valence-corrected chi connectivity index (χ0v) is 26.2. The van der Waals surface area contributed by atoms with Crippen molar-refractivity contribution in [1.82, 2.24) is 16.0 Å². The van der Waals surface area contributed by atoms with E-state index in [0.717, 1.165) is 43.3 Å². The van der Waals surface area contributed by atoms with Crippen LogP contribution in [0.15, 0.2) is 48.5 Å². The van der Waals surface area contributed by atoms with Crippen molar-refractivity contribution in [2.75, 3.05) is 19.8 Å². The van der Waals surface area contributed by atoms with Crippen molar-refractivity contribution in [2.45, 2.75) is 25.0 Å². The summed E-state index contributed by atoms with van der Waals surface area (Å²) in [6, 6.07) is 2.77. The van der Waals surface area contributed by atoms with E-state index in [1.807, 2.05) is 0 Å². The van der Waals surface area contributed by atoms with Crippen LogP contribution in [0.2, 0.25) is 0 Å². The normalized spacial score (nSPS) is 18.1. The number of para-hydroxylation sites is 2. The molecule has 51 heavy (non-hydrogen) atoms. The first-order chi connectivity index (χ1) is 24.1. The Morgan fingerprint density at radius 1 is 0.549 bits per heavy atom. The van der Waals surface area contributed by atoms with Gasteiger partial charge >= 0.3 is 17.9 Å². The number of aromatic hydroxyl groups is 6. The average molecular weight is 712 g/mol. The summed E-state index contributed by atoms with van der Waals surface area (Å²) in [5.74, 6) is -13.2. The van der Waals surface area contributed by atoms with E-state index < -0.39 is 131 Å². The molecule has 19 heteroatoms. The van der Waals surface area contributed by atoms with Crippen LogP contribution in [0.25, 0.3) is 0 Å². The number of ether oxygens (including phenoxy) is 3. The zero-order chi connectivity index (χ0) is 37.6. The molecule has 0 aromatic heterocycles. The Kier molecular flexibility index (Phi) is 11.1. The molecule has 4 rings (SSSR count). The van der Waals surface area contributed by atoms with Gasteiger partial charge in [-0.2, -0.15) is 0 Å². The second-order valence-electron chi connectivity index (χ2n) is 10.8. The van der Waals surface area contributed by atoms with Gasteiger partial charge in [-0.3, -0.25) is 19.2 Å². The summed E-state index contributed by atoms with van der Waals surface area (Å²) < 4.78 is 15.3. The van der Waals surface area contributed by atoms with Crippen LogP contribution in [0.5, 0.6) is 34.5 Å². The number of hydrogen-bond donors (Lipinski definition) is 9. The number of ketones is 1. The number of carbonyl (C=O) groups is 7. The number of amides is 3. The molecule has 268 valence electrons. The van der Waals surface area contributed by atoms with E-state index in [1.54, 1.807) is 0 Å². The fraction of sp³-hybridized carbons (Fsp3) is 0.219. The van der Waals surface area contributed by atoms with Gasteiger partial charge in [0.25, 0.3) is 17.7 Å². The molecular formula is C32H29N3O16. The highest BCUT2D eigenvalue weighted by molar-refractivity contribution is 6.04. The van der Waals surface area contributed by atoms with Gasteiger partial charge in [-0.1, -0.05) is 12.1 Å². The number of phenolic OH excluding ortho intramolecular Hbond substituents is 6. The van der Waals surface area contributed by atoms with E-state index >= 15 is 0 Å². The molecule has 1 aliphatic rings. The van der Waals surface area contributed by atoms with Gasteiger partial charge in [0.1, 0.15) is 19.8 Å². The molecule has 0 unspecified atom stereocenters. The molecule has 3 atom stereocenters. The Bertz CT molecular complexity index is 1860. The van der Waals surface area contributed by atoms with Crippen LogP contribution in [0.3, 0.4) is 0 Å². The topological polar surface area (TPSA) is 305 Å². The number of carbonyl (C=O) groups excluding carboxylic acids is 7. The van der Waals surface area contributed by atoms with Crippen molar-refractivity contribution in [2.24, 2.45) is 0 Å². The minimum atomic E-state index is -1.93. The van der Waals surface area contributed by atoms with Gasteiger partial charge in [0.2, 0.25) is 0 Å². The van der Waals surface area contributed by atoms with Gasteiger partial charge in [0, 0.05) is 5.56 Å². The molecule has 1 aliphatic heterocycles. The quantitative estimate of drug-likeness (QED) is 0.0643. The molecule has 19 nitrogen and oxygen atoms in total. The minimum absolute atomic E-state index is 0.200. The van der Waals surface area contributed by atoms with Gasteiger partial charge in [-0.05, 0) is 43.3 Å². The largest absolute Gasteiger partial charge is 0.504 e. The number of benzene rings is 3. The second-order valence-corrected chi connectivity index (χ2v) is 10.8. The maximum atomic E-state index is 13.2. The molecule has 0 bridgehead atoms. The van der Waals surface area contributed by atoms with Crippen LogP contribution in [0.1, 0.15) is 48.4 Å². The molecule has 1 fully saturated rings. The van der Waals surface area contributed by atoms with Crippen LogP contribution in [-0.4, -0.2) is 110 Å². The lowest BCUT2D eigenvalue weighted by molar-refractivity contribution is -0.160. The van der Waals surface area contributed by atoms with Crippen molar-refractivity contribution in [3.8, 4) is 34.5 Å². The summed E-state index contributed by atoms with van der Waals surface area (Å²) in [5, 5.41) is 66.4. The summed E-state index contributed by atoms with van der Waals surface area (Å²) in [5.41, 5.74) is -1.91. The smallest absolute Gasteiger partial charge is 0.332 e. The molecule has 0 radical (unpaired) electrons. The van der Waals surface area contributed by atoms with Gasteiger partial charge in [-0.15, -0.1) is 0 Å². The van der Waals surface area contributed by atoms with Gasteiger partial charge in [-0.25, -0.2) is 14.4 Å². The SMILES string of the molecule is CC(=O)c1cc(O)c(O)c(C(=O)N[C@H]2COC(=O)[C@@H](NC(=O)c3cccc(O)c3O)COC(=O)[C@@H](NC(=O)c3cccc(O)c3O)COC2=O)c1. The first kappa shape index (κ1) is 36.8. The number of phenols is 6. The molecule has 1 heterocycles. The predicted molar refractivity (Wildman–Crippen MR) is 166 cm³/mol. The molecule has 1 saturated heterocycles. The van der Waals surface area contributed by atoms with Crippen LogP contribution in [0, 0.1) is 0 Å². The van der Waals surface area contributed by atoms with E-state index in [-0.39, 0.29) is 5.56 Å². The fourth-order valence-corrected chi connectivity index (χ4v) is 4.44. The molecule has 0 saturated carbocycles. The number of hydrogen-bond acceptors (Lipinski definition) is 16. The first-order valence-corrected chi connectivity index (χ1v) is 14.6. The summed E-state index contributed by atoms with van der Waals surface area (Å²) in [6.07, 6.45) is 0. The highest BCUT2D eigenvalue weighted by Gasteiger charge is 2.35. The van der Waals surface area contributed by atoms with E-state index in [2.05, 4.69) is 16.0 Å². The lowest BCUT2D eigenvalue weighted by Crippen LogP contribution is -2.52. The predicted octanol–water partition coefficient (Wildman–Crippen LogP) is -0.538. The molecule has 9 N–H and O–H groups in total. The van der Waals surface area contributed by atoms with Crippen molar-refractivity contribution >= 4 is 41.4 Å². The summed E-state index contributed by atoms with van der Waals surface area (Å²) in [7, 11) is 0. The number of cyclic esters (lactones) is 3. The third kappa shape index (κ3) is 8.52. The third-order valence-electron chi connectivity index (χ3n) is 7.21. The summed E-state index contributed by atoms with van der Waals surface area (Å²) in [6.45, 7) is -1.89. The van der Waals surface area contributed by atoms with E-state index in [9.17, 15) is 64.2 Å². The minimum Gasteiger partial charge on any atom is -0.504 e. The molecular weight excluding hydrogens is 682 g/mol. The fourth-order valence-electron chi connectivity index (χ4n) is 4.44. The second kappa shape index (κ2) is 15.4. The maximum absolute atomic E-state index is 13.2. The Hall–Kier alpha value is -7.05. The molecule has 0 spiro atoms. The Morgan fingerprint density at radius 3 is 1.27 bits per heavy atom. The van der Waals surface area contributed by atoms with Crippen LogP contribution < -0.4 is 16.0 Å². The molecule has 3 amide bonds. The first-order valence-electron chi connectivity index (χ1n) is 14.6. The van der Waals surface area contributed by atoms with E-state index in [1.165, 1.54) is 12.1 Å².